The number of thioether (sulfide) groups is 1. The van der Waals surface area contributed by atoms with Gasteiger partial charge in [0.15, 0.2) is 0 Å². The van der Waals surface area contributed by atoms with E-state index in [2.05, 4.69) is 17.1 Å². The molecule has 3 aliphatic rings. The molecular formula is C14H25NOS. The fourth-order valence-electron chi connectivity index (χ4n) is 3.73. The van der Waals surface area contributed by atoms with Gasteiger partial charge in [-0.2, -0.15) is 11.8 Å². The average Bonchev–Trinajstić information content (AvgIpc) is 2.66. The second-order valence-electron chi connectivity index (χ2n) is 6.00. The minimum atomic E-state index is 0.265. The van der Waals surface area contributed by atoms with E-state index in [1.165, 1.54) is 63.0 Å². The van der Waals surface area contributed by atoms with Crippen molar-refractivity contribution < 1.29 is 4.74 Å². The van der Waals surface area contributed by atoms with Crippen LogP contribution >= 0.6 is 11.8 Å². The number of nitrogens with one attached hydrogen (secondary N) is 1. The van der Waals surface area contributed by atoms with Crippen LogP contribution in [0.3, 0.4) is 0 Å². The first kappa shape index (κ1) is 12.3. The van der Waals surface area contributed by atoms with Crippen LogP contribution < -0.4 is 5.32 Å². The molecule has 98 valence electrons. The Morgan fingerprint density at radius 2 is 2.18 bits per heavy atom. The SMILES string of the molecule is C1CCNC(C2CCOC3(CCSC3)C2)CC1. The Morgan fingerprint density at radius 1 is 1.18 bits per heavy atom. The van der Waals surface area contributed by atoms with Crippen molar-refractivity contribution >= 4 is 11.8 Å². The van der Waals surface area contributed by atoms with Crippen molar-refractivity contribution in [2.24, 2.45) is 5.92 Å². The van der Waals surface area contributed by atoms with Gasteiger partial charge in [-0.1, -0.05) is 12.8 Å². The van der Waals surface area contributed by atoms with Crippen LogP contribution in [-0.4, -0.2) is 36.3 Å². The molecule has 0 radical (unpaired) electrons. The van der Waals surface area contributed by atoms with Crippen LogP contribution in [0.1, 0.15) is 44.9 Å². The van der Waals surface area contributed by atoms with E-state index >= 15 is 0 Å². The minimum Gasteiger partial charge on any atom is -0.374 e. The van der Waals surface area contributed by atoms with Crippen molar-refractivity contribution in [3.8, 4) is 0 Å². The zero-order valence-corrected chi connectivity index (χ0v) is 11.6. The summed E-state index contributed by atoms with van der Waals surface area (Å²) in [5.41, 5.74) is 0.265. The standard InChI is InChI=1S/C14H25NOS/c1-2-4-13(15-7-3-1)12-5-8-16-14(10-12)6-9-17-11-14/h12-13,15H,1-11H2. The molecule has 3 fully saturated rings. The molecule has 0 aromatic rings. The van der Waals surface area contributed by atoms with Gasteiger partial charge in [0.05, 0.1) is 5.60 Å². The van der Waals surface area contributed by atoms with E-state index in [1.807, 2.05) is 0 Å². The van der Waals surface area contributed by atoms with Gasteiger partial charge in [0, 0.05) is 18.4 Å². The van der Waals surface area contributed by atoms with E-state index in [0.29, 0.717) is 0 Å². The number of ether oxygens (including phenoxy) is 1. The van der Waals surface area contributed by atoms with Crippen molar-refractivity contribution in [2.45, 2.75) is 56.6 Å². The van der Waals surface area contributed by atoms with Crippen LogP contribution in [0.15, 0.2) is 0 Å². The van der Waals surface area contributed by atoms with Crippen LogP contribution in [0.5, 0.6) is 0 Å². The molecule has 3 heteroatoms. The van der Waals surface area contributed by atoms with Gasteiger partial charge in [-0.25, -0.2) is 0 Å². The Morgan fingerprint density at radius 3 is 3.06 bits per heavy atom. The smallest absolute Gasteiger partial charge is 0.0783 e. The molecular weight excluding hydrogens is 230 g/mol. The second-order valence-corrected chi connectivity index (χ2v) is 7.10. The number of rotatable bonds is 1. The normalized spacial score (nSPS) is 43.8. The monoisotopic (exact) mass is 255 g/mol. The predicted octanol–water partition coefficient (Wildman–Crippen LogP) is 2.82. The summed E-state index contributed by atoms with van der Waals surface area (Å²) in [6, 6.07) is 0.781. The van der Waals surface area contributed by atoms with Crippen LogP contribution in [0.4, 0.5) is 0 Å². The minimum absolute atomic E-state index is 0.265. The lowest BCUT2D eigenvalue weighted by Crippen LogP contribution is -2.46. The fourth-order valence-corrected chi connectivity index (χ4v) is 5.11. The van der Waals surface area contributed by atoms with Crippen LogP contribution in [-0.2, 0) is 4.74 Å². The Labute approximate surface area is 109 Å². The first-order valence-corrected chi connectivity index (χ1v) is 8.49. The Bertz CT molecular complexity index is 245. The first-order chi connectivity index (χ1) is 8.38. The summed E-state index contributed by atoms with van der Waals surface area (Å²) in [7, 11) is 0. The van der Waals surface area contributed by atoms with Gasteiger partial charge in [-0.15, -0.1) is 0 Å². The molecule has 3 heterocycles. The quantitative estimate of drug-likeness (QED) is 0.778. The maximum Gasteiger partial charge on any atom is 0.0783 e. The highest BCUT2D eigenvalue weighted by atomic mass is 32.2. The maximum atomic E-state index is 6.13. The van der Waals surface area contributed by atoms with Crippen LogP contribution in [0.2, 0.25) is 0 Å². The highest BCUT2D eigenvalue weighted by Gasteiger charge is 2.42. The summed E-state index contributed by atoms with van der Waals surface area (Å²) in [6.07, 6.45) is 9.52. The summed E-state index contributed by atoms with van der Waals surface area (Å²) < 4.78 is 6.13. The van der Waals surface area contributed by atoms with E-state index in [1.54, 1.807) is 0 Å². The van der Waals surface area contributed by atoms with E-state index in [0.717, 1.165) is 18.6 Å². The molecule has 0 aliphatic carbocycles. The molecule has 3 saturated heterocycles. The summed E-state index contributed by atoms with van der Waals surface area (Å²) in [4.78, 5) is 0. The largest absolute Gasteiger partial charge is 0.374 e. The molecule has 3 unspecified atom stereocenters. The molecule has 1 spiro atoms. The van der Waals surface area contributed by atoms with Gasteiger partial charge >= 0.3 is 0 Å². The maximum absolute atomic E-state index is 6.13. The Kier molecular flexibility index (Phi) is 3.98. The van der Waals surface area contributed by atoms with Crippen LogP contribution in [0.25, 0.3) is 0 Å². The summed E-state index contributed by atoms with van der Waals surface area (Å²) >= 11 is 2.09. The molecule has 17 heavy (non-hydrogen) atoms. The van der Waals surface area contributed by atoms with Crippen molar-refractivity contribution in [1.82, 2.24) is 5.32 Å². The van der Waals surface area contributed by atoms with E-state index in [4.69, 9.17) is 4.74 Å². The van der Waals surface area contributed by atoms with Crippen molar-refractivity contribution in [3.63, 3.8) is 0 Å². The molecule has 0 saturated carbocycles. The third-order valence-electron chi connectivity index (χ3n) is 4.77. The lowest BCUT2D eigenvalue weighted by atomic mass is 9.80. The van der Waals surface area contributed by atoms with Gasteiger partial charge in [-0.3, -0.25) is 0 Å². The lowest BCUT2D eigenvalue weighted by Gasteiger charge is -2.41. The summed E-state index contributed by atoms with van der Waals surface area (Å²) in [5.74, 6) is 3.43. The Hall–Kier alpha value is 0.270. The topological polar surface area (TPSA) is 21.3 Å². The molecule has 3 aliphatic heterocycles. The molecule has 0 aromatic heterocycles. The van der Waals surface area contributed by atoms with Gasteiger partial charge in [0.25, 0.3) is 0 Å². The van der Waals surface area contributed by atoms with E-state index < -0.39 is 0 Å². The zero-order chi connectivity index (χ0) is 11.6. The number of hydrogen-bond acceptors (Lipinski definition) is 3. The van der Waals surface area contributed by atoms with Gasteiger partial charge in [0.2, 0.25) is 0 Å². The zero-order valence-electron chi connectivity index (χ0n) is 10.7. The first-order valence-electron chi connectivity index (χ1n) is 7.33. The number of hydrogen-bond donors (Lipinski definition) is 1. The average molecular weight is 255 g/mol. The van der Waals surface area contributed by atoms with Crippen molar-refractivity contribution in [3.05, 3.63) is 0 Å². The van der Waals surface area contributed by atoms with Crippen LogP contribution in [0, 0.1) is 5.92 Å². The van der Waals surface area contributed by atoms with Gasteiger partial charge in [-0.05, 0) is 50.3 Å². The highest BCUT2D eigenvalue weighted by molar-refractivity contribution is 7.99. The fraction of sp³-hybridized carbons (Fsp3) is 1.00. The third-order valence-corrected chi connectivity index (χ3v) is 5.99. The van der Waals surface area contributed by atoms with Gasteiger partial charge < -0.3 is 10.1 Å². The third kappa shape index (κ3) is 2.82. The molecule has 2 nitrogen and oxygen atoms in total. The van der Waals surface area contributed by atoms with Crippen molar-refractivity contribution in [1.29, 1.82) is 0 Å². The van der Waals surface area contributed by atoms with Crippen molar-refractivity contribution in [2.75, 3.05) is 24.7 Å². The highest BCUT2D eigenvalue weighted by Crippen LogP contribution is 2.41. The molecule has 1 N–H and O–H groups in total. The molecule has 3 atom stereocenters. The molecule has 3 rings (SSSR count). The molecule has 0 aromatic carbocycles. The second kappa shape index (κ2) is 5.50. The molecule has 0 amide bonds. The lowest BCUT2D eigenvalue weighted by molar-refractivity contribution is -0.0852. The Balaban J connectivity index is 1.62. The summed E-state index contributed by atoms with van der Waals surface area (Å²) in [5, 5.41) is 3.80. The molecule has 0 bridgehead atoms. The van der Waals surface area contributed by atoms with E-state index in [9.17, 15) is 0 Å². The predicted molar refractivity (Wildman–Crippen MR) is 73.6 cm³/mol. The van der Waals surface area contributed by atoms with E-state index in [-0.39, 0.29) is 5.60 Å². The summed E-state index contributed by atoms with van der Waals surface area (Å²) in [6.45, 7) is 2.24. The van der Waals surface area contributed by atoms with Gasteiger partial charge in [0.1, 0.15) is 0 Å².